The first-order chi connectivity index (χ1) is 13.6. The molecule has 0 aromatic heterocycles. The zero-order valence-electron chi connectivity index (χ0n) is 15.2. The summed E-state index contributed by atoms with van der Waals surface area (Å²) in [7, 11) is 0. The van der Waals surface area contributed by atoms with Gasteiger partial charge in [-0.15, -0.1) is 0 Å². The minimum atomic E-state index is -0.610. The van der Waals surface area contributed by atoms with Crippen molar-refractivity contribution in [2.75, 3.05) is 18.5 Å². The summed E-state index contributed by atoms with van der Waals surface area (Å²) in [5.41, 5.74) is 3.10. The van der Waals surface area contributed by atoms with Crippen LogP contribution in [0.15, 0.2) is 48.5 Å². The summed E-state index contributed by atoms with van der Waals surface area (Å²) < 4.78 is 5.13. The second-order valence-corrected chi connectivity index (χ2v) is 6.37. The number of amides is 2. The van der Waals surface area contributed by atoms with Crippen molar-refractivity contribution in [3.8, 4) is 6.07 Å². The highest BCUT2D eigenvalue weighted by Gasteiger charge is 2.21. The Kier molecular flexibility index (Phi) is 6.02. The maximum absolute atomic E-state index is 12.4. The number of carbonyl (C=O) groups excluding carboxylic acids is 3. The fourth-order valence-corrected chi connectivity index (χ4v) is 2.98. The molecule has 0 atom stereocenters. The van der Waals surface area contributed by atoms with E-state index in [0.29, 0.717) is 18.8 Å². The predicted octanol–water partition coefficient (Wildman–Crippen LogP) is 2.28. The molecular weight excluding hydrogens is 358 g/mol. The highest BCUT2D eigenvalue weighted by molar-refractivity contribution is 5.94. The molecule has 1 N–H and O–H groups in total. The number of fused-ring (bicyclic) bond motifs is 1. The summed E-state index contributed by atoms with van der Waals surface area (Å²) in [5.74, 6) is -1.27. The maximum atomic E-state index is 12.4. The Labute approximate surface area is 162 Å². The minimum Gasteiger partial charge on any atom is -0.452 e. The Morgan fingerprint density at radius 1 is 1.07 bits per heavy atom. The van der Waals surface area contributed by atoms with Crippen molar-refractivity contribution in [2.45, 2.75) is 19.4 Å². The topological polar surface area (TPSA) is 99.5 Å². The van der Waals surface area contributed by atoms with E-state index in [1.165, 1.54) is 29.8 Å². The molecule has 0 saturated carbocycles. The molecule has 3 rings (SSSR count). The lowest BCUT2D eigenvalue weighted by atomic mass is 10.00. The van der Waals surface area contributed by atoms with Gasteiger partial charge >= 0.3 is 5.97 Å². The Morgan fingerprint density at radius 2 is 1.79 bits per heavy atom. The number of anilines is 1. The van der Waals surface area contributed by atoms with Gasteiger partial charge in [-0.05, 0) is 41.8 Å². The van der Waals surface area contributed by atoms with Crippen LogP contribution in [0.25, 0.3) is 0 Å². The average Bonchev–Trinajstić information content (AvgIpc) is 2.72. The van der Waals surface area contributed by atoms with Crippen LogP contribution >= 0.6 is 0 Å². The van der Waals surface area contributed by atoms with Crippen molar-refractivity contribution in [1.29, 1.82) is 5.26 Å². The van der Waals surface area contributed by atoms with Crippen LogP contribution in [0.3, 0.4) is 0 Å². The number of nitriles is 1. The van der Waals surface area contributed by atoms with Crippen molar-refractivity contribution in [1.82, 2.24) is 4.90 Å². The van der Waals surface area contributed by atoms with Crippen molar-refractivity contribution >= 4 is 23.5 Å². The number of nitrogens with one attached hydrogen (secondary N) is 1. The molecule has 0 unspecified atom stereocenters. The van der Waals surface area contributed by atoms with Gasteiger partial charge in [0.2, 0.25) is 5.91 Å². The summed E-state index contributed by atoms with van der Waals surface area (Å²) >= 11 is 0. The van der Waals surface area contributed by atoms with Gasteiger partial charge in [-0.25, -0.2) is 4.79 Å². The van der Waals surface area contributed by atoms with Crippen LogP contribution in [0.1, 0.15) is 27.9 Å². The van der Waals surface area contributed by atoms with Gasteiger partial charge in [-0.1, -0.05) is 24.3 Å². The summed E-state index contributed by atoms with van der Waals surface area (Å²) in [4.78, 5) is 37.6. The van der Waals surface area contributed by atoms with Crippen molar-refractivity contribution in [3.05, 3.63) is 65.2 Å². The molecule has 0 radical (unpaired) electrons. The van der Waals surface area contributed by atoms with Gasteiger partial charge in [0.15, 0.2) is 6.61 Å². The maximum Gasteiger partial charge on any atom is 0.338 e. The number of ether oxygens (including phenoxy) is 1. The average molecular weight is 377 g/mol. The Morgan fingerprint density at radius 3 is 2.50 bits per heavy atom. The van der Waals surface area contributed by atoms with E-state index in [0.717, 1.165) is 12.0 Å². The van der Waals surface area contributed by atoms with Crippen LogP contribution in [-0.2, 0) is 27.3 Å². The third-order valence-electron chi connectivity index (χ3n) is 4.45. The molecule has 2 amide bonds. The molecule has 7 nitrogen and oxygen atoms in total. The first-order valence-electron chi connectivity index (χ1n) is 8.85. The minimum absolute atomic E-state index is 0.233. The van der Waals surface area contributed by atoms with E-state index in [4.69, 9.17) is 10.00 Å². The molecule has 2 aromatic rings. The summed E-state index contributed by atoms with van der Waals surface area (Å²) in [6, 6.07) is 15.8. The van der Waals surface area contributed by atoms with Crippen molar-refractivity contribution in [3.63, 3.8) is 0 Å². The van der Waals surface area contributed by atoms with Gasteiger partial charge in [-0.2, -0.15) is 5.26 Å². The molecule has 142 valence electrons. The lowest BCUT2D eigenvalue weighted by Gasteiger charge is -2.28. The quantitative estimate of drug-likeness (QED) is 0.806. The number of hydrogen-bond acceptors (Lipinski definition) is 5. The second kappa shape index (κ2) is 8.82. The van der Waals surface area contributed by atoms with Crippen molar-refractivity contribution < 1.29 is 19.1 Å². The SMILES string of the molecule is N#CCC(=O)Nc1ccc(C(=O)OCC(=O)N2CCc3ccccc3C2)cc1. The van der Waals surface area contributed by atoms with Crippen LogP contribution in [0.4, 0.5) is 5.69 Å². The number of benzene rings is 2. The van der Waals surface area contributed by atoms with Crippen molar-refractivity contribution in [2.24, 2.45) is 0 Å². The lowest BCUT2D eigenvalue weighted by molar-refractivity contribution is -0.135. The van der Waals surface area contributed by atoms with Gasteiger partial charge in [-0.3, -0.25) is 9.59 Å². The number of hydrogen-bond donors (Lipinski definition) is 1. The van der Waals surface area contributed by atoms with Crippen LogP contribution in [0.2, 0.25) is 0 Å². The molecule has 1 heterocycles. The van der Waals surface area contributed by atoms with Crippen LogP contribution in [-0.4, -0.2) is 35.8 Å². The highest BCUT2D eigenvalue weighted by atomic mass is 16.5. The summed E-state index contributed by atoms with van der Waals surface area (Å²) in [6.07, 6.45) is 0.543. The molecule has 0 saturated heterocycles. The fourth-order valence-electron chi connectivity index (χ4n) is 2.98. The van der Waals surface area contributed by atoms with Gasteiger partial charge < -0.3 is 15.0 Å². The van der Waals surface area contributed by atoms with Gasteiger partial charge in [0, 0.05) is 18.8 Å². The lowest BCUT2D eigenvalue weighted by Crippen LogP contribution is -2.38. The smallest absolute Gasteiger partial charge is 0.338 e. The van der Waals surface area contributed by atoms with Gasteiger partial charge in [0.1, 0.15) is 6.42 Å². The Balaban J connectivity index is 1.51. The standard InChI is InChI=1S/C21H19N3O4/c22-11-9-19(25)23-18-7-5-16(6-8-18)21(27)28-14-20(26)24-12-10-15-3-1-2-4-17(15)13-24/h1-8H,9-10,12-14H2,(H,23,25). The molecule has 7 heteroatoms. The van der Waals surface area contributed by atoms with E-state index in [2.05, 4.69) is 11.4 Å². The van der Waals surface area contributed by atoms with E-state index in [1.54, 1.807) is 11.0 Å². The Hall–Kier alpha value is -3.66. The molecule has 1 aliphatic rings. The summed E-state index contributed by atoms with van der Waals surface area (Å²) in [5, 5.41) is 11.0. The predicted molar refractivity (Wildman–Crippen MR) is 101 cm³/mol. The van der Waals surface area contributed by atoms with Gasteiger partial charge in [0.05, 0.1) is 11.6 Å². The van der Waals surface area contributed by atoms with Gasteiger partial charge in [0.25, 0.3) is 5.91 Å². The first kappa shape index (κ1) is 19.1. The first-order valence-corrected chi connectivity index (χ1v) is 8.85. The largest absolute Gasteiger partial charge is 0.452 e. The molecule has 1 aliphatic heterocycles. The van der Waals surface area contributed by atoms with Crippen LogP contribution in [0, 0.1) is 11.3 Å². The number of carbonyl (C=O) groups is 3. The van der Waals surface area contributed by atoms with E-state index in [9.17, 15) is 14.4 Å². The molecule has 0 fully saturated rings. The number of nitrogens with zero attached hydrogens (tertiary/aromatic N) is 2. The molecule has 28 heavy (non-hydrogen) atoms. The number of rotatable bonds is 5. The molecule has 2 aromatic carbocycles. The third kappa shape index (κ3) is 4.74. The Bertz CT molecular complexity index is 931. The monoisotopic (exact) mass is 377 g/mol. The second-order valence-electron chi connectivity index (χ2n) is 6.37. The molecule has 0 aliphatic carbocycles. The molecular formula is C21H19N3O4. The highest BCUT2D eigenvalue weighted by Crippen LogP contribution is 2.18. The van der Waals surface area contributed by atoms with Crippen LogP contribution < -0.4 is 5.32 Å². The van der Waals surface area contributed by atoms with E-state index in [-0.39, 0.29) is 24.5 Å². The normalized spacial score (nSPS) is 12.5. The zero-order chi connectivity index (χ0) is 19.9. The van der Waals surface area contributed by atoms with E-state index in [1.807, 2.05) is 18.2 Å². The third-order valence-corrected chi connectivity index (χ3v) is 4.45. The summed E-state index contributed by atoms with van der Waals surface area (Å²) in [6.45, 7) is 0.801. The van der Waals surface area contributed by atoms with E-state index < -0.39 is 11.9 Å². The molecule has 0 spiro atoms. The van der Waals surface area contributed by atoms with E-state index >= 15 is 0 Å². The zero-order valence-corrected chi connectivity index (χ0v) is 15.2. The molecule has 0 bridgehead atoms. The van der Waals surface area contributed by atoms with Crippen LogP contribution in [0.5, 0.6) is 0 Å². The fraction of sp³-hybridized carbons (Fsp3) is 0.238. The number of esters is 1.